The highest BCUT2D eigenvalue weighted by atomic mass is 19.4. The molecule has 33 heavy (non-hydrogen) atoms. The van der Waals surface area contributed by atoms with Crippen LogP contribution in [0.5, 0.6) is 11.5 Å². The van der Waals surface area contributed by atoms with Crippen molar-refractivity contribution in [3.63, 3.8) is 0 Å². The summed E-state index contributed by atoms with van der Waals surface area (Å²) < 4.78 is 107. The molecule has 1 saturated heterocycles. The van der Waals surface area contributed by atoms with Gasteiger partial charge in [-0.05, 0) is 42.4 Å². The van der Waals surface area contributed by atoms with Gasteiger partial charge in [-0.2, -0.15) is 8.78 Å². The lowest BCUT2D eigenvalue weighted by Crippen LogP contribution is -2.30. The van der Waals surface area contributed by atoms with E-state index in [0.29, 0.717) is 18.4 Å². The molecule has 0 aromatic heterocycles. The molecule has 10 heteroatoms. The van der Waals surface area contributed by atoms with Crippen LogP contribution in [0.1, 0.15) is 49.3 Å². The second-order valence-electron chi connectivity index (χ2n) is 8.36. The summed E-state index contributed by atoms with van der Waals surface area (Å²) in [4.78, 5) is 0. The average Bonchev–Trinajstić information content (AvgIpc) is 2.69. The number of halogens is 7. The Morgan fingerprint density at radius 3 is 1.91 bits per heavy atom. The van der Waals surface area contributed by atoms with Gasteiger partial charge in [0, 0.05) is 12.1 Å². The van der Waals surface area contributed by atoms with Crippen LogP contribution < -0.4 is 9.47 Å². The predicted molar refractivity (Wildman–Crippen MR) is 103 cm³/mol. The van der Waals surface area contributed by atoms with Crippen LogP contribution in [0.3, 0.4) is 0 Å². The van der Waals surface area contributed by atoms with Crippen molar-refractivity contribution < 1.29 is 44.9 Å². The molecule has 0 bridgehead atoms. The van der Waals surface area contributed by atoms with E-state index in [1.165, 1.54) is 31.4 Å². The van der Waals surface area contributed by atoms with E-state index in [2.05, 4.69) is 9.47 Å². The van der Waals surface area contributed by atoms with Gasteiger partial charge < -0.3 is 14.2 Å². The largest absolute Gasteiger partial charge is 0.573 e. The van der Waals surface area contributed by atoms with Gasteiger partial charge in [-0.15, -0.1) is 13.2 Å². The molecular weight excluding hydrogens is 457 g/mol. The molecule has 2 fully saturated rings. The minimum Gasteiger partial charge on any atom is -0.429 e. The third-order valence-electron chi connectivity index (χ3n) is 6.18. The van der Waals surface area contributed by atoms with Gasteiger partial charge in [-0.1, -0.05) is 31.4 Å². The van der Waals surface area contributed by atoms with Crippen molar-refractivity contribution in [3.05, 3.63) is 59.2 Å². The Hall–Kier alpha value is -2.49. The van der Waals surface area contributed by atoms with Gasteiger partial charge in [-0.3, -0.25) is 0 Å². The third-order valence-corrected chi connectivity index (χ3v) is 6.18. The van der Waals surface area contributed by atoms with Gasteiger partial charge in [-0.25, -0.2) is 8.78 Å². The standard InChI is InChI=1S/C23H21F7O3/c24-18-10-17(11-19(25)21(18)33-23(28,29)30)32-22(26,27)16-7-4-14(5-8-16)20-9-6-15(12-31-20)13-2-1-3-13/h4-5,7-8,10-11,13,15,20H,1-3,6,9,12H2. The first-order valence-corrected chi connectivity index (χ1v) is 10.6. The molecule has 0 spiro atoms. The Balaban J connectivity index is 1.41. The van der Waals surface area contributed by atoms with Crippen molar-refractivity contribution in [2.45, 2.75) is 50.7 Å². The van der Waals surface area contributed by atoms with E-state index in [1.807, 2.05) is 0 Å². The van der Waals surface area contributed by atoms with E-state index in [0.717, 1.165) is 30.5 Å². The normalized spacial score (nSPS) is 22.0. The molecule has 1 aliphatic heterocycles. The fraction of sp³-hybridized carbons (Fsp3) is 0.478. The maximum atomic E-state index is 14.5. The van der Waals surface area contributed by atoms with Crippen LogP contribution in [0.4, 0.5) is 30.7 Å². The van der Waals surface area contributed by atoms with E-state index in [9.17, 15) is 30.7 Å². The number of rotatable bonds is 6. The van der Waals surface area contributed by atoms with E-state index >= 15 is 0 Å². The van der Waals surface area contributed by atoms with Gasteiger partial charge in [0.1, 0.15) is 5.75 Å². The van der Waals surface area contributed by atoms with Crippen LogP contribution in [0.25, 0.3) is 0 Å². The molecule has 2 aliphatic rings. The van der Waals surface area contributed by atoms with Gasteiger partial charge in [0.05, 0.1) is 18.3 Å². The molecule has 1 aliphatic carbocycles. The first kappa shape index (κ1) is 23.7. The highest BCUT2D eigenvalue weighted by molar-refractivity contribution is 5.36. The smallest absolute Gasteiger partial charge is 0.429 e. The Bertz CT molecular complexity index is 940. The Morgan fingerprint density at radius 1 is 0.788 bits per heavy atom. The van der Waals surface area contributed by atoms with Crippen LogP contribution >= 0.6 is 0 Å². The maximum Gasteiger partial charge on any atom is 0.573 e. The van der Waals surface area contributed by atoms with E-state index in [4.69, 9.17) is 4.74 Å². The van der Waals surface area contributed by atoms with Crippen molar-refractivity contribution in [2.75, 3.05) is 6.61 Å². The van der Waals surface area contributed by atoms with Crippen LogP contribution in [0, 0.1) is 23.5 Å². The quantitative estimate of drug-likeness (QED) is 0.409. The molecule has 2 unspecified atom stereocenters. The second-order valence-corrected chi connectivity index (χ2v) is 8.36. The van der Waals surface area contributed by atoms with E-state index < -0.39 is 41.2 Å². The lowest BCUT2D eigenvalue weighted by molar-refractivity contribution is -0.276. The number of alkyl halides is 5. The van der Waals surface area contributed by atoms with E-state index in [-0.39, 0.29) is 18.2 Å². The minimum absolute atomic E-state index is 0.195. The van der Waals surface area contributed by atoms with Crippen LogP contribution in [-0.2, 0) is 10.8 Å². The summed E-state index contributed by atoms with van der Waals surface area (Å²) in [7, 11) is 0. The monoisotopic (exact) mass is 478 g/mol. The molecule has 1 saturated carbocycles. The van der Waals surface area contributed by atoms with Gasteiger partial charge in [0.2, 0.25) is 5.75 Å². The summed E-state index contributed by atoms with van der Waals surface area (Å²) in [5.41, 5.74) is 0.137. The maximum absolute atomic E-state index is 14.5. The second kappa shape index (κ2) is 9.04. The number of ether oxygens (including phenoxy) is 3. The summed E-state index contributed by atoms with van der Waals surface area (Å²) in [6.45, 7) is 0.640. The fourth-order valence-corrected chi connectivity index (χ4v) is 4.23. The summed E-state index contributed by atoms with van der Waals surface area (Å²) in [6, 6.07) is 5.57. The first-order chi connectivity index (χ1) is 15.5. The van der Waals surface area contributed by atoms with Crippen LogP contribution in [-0.4, -0.2) is 13.0 Å². The number of benzene rings is 2. The van der Waals surface area contributed by atoms with Crippen LogP contribution in [0.15, 0.2) is 36.4 Å². The zero-order chi connectivity index (χ0) is 23.8. The molecule has 2 aromatic carbocycles. The lowest BCUT2D eigenvalue weighted by atomic mass is 9.73. The SMILES string of the molecule is Fc1cc(OC(F)(F)c2ccc(C3CCC(C4CCC4)CO3)cc2)cc(F)c1OC(F)(F)F. The first-order valence-electron chi connectivity index (χ1n) is 10.6. The highest BCUT2D eigenvalue weighted by Gasteiger charge is 2.38. The van der Waals surface area contributed by atoms with Crippen molar-refractivity contribution in [2.24, 2.45) is 11.8 Å². The summed E-state index contributed by atoms with van der Waals surface area (Å²) in [6.07, 6.45) is -4.02. The van der Waals surface area contributed by atoms with E-state index in [1.54, 1.807) is 0 Å². The van der Waals surface area contributed by atoms with Crippen molar-refractivity contribution in [1.29, 1.82) is 0 Å². The van der Waals surface area contributed by atoms with Gasteiger partial charge in [0.25, 0.3) is 0 Å². The van der Waals surface area contributed by atoms with Crippen molar-refractivity contribution in [3.8, 4) is 11.5 Å². The lowest BCUT2D eigenvalue weighted by Gasteiger charge is -2.38. The Kier molecular flexibility index (Phi) is 6.48. The molecular formula is C23H21F7O3. The third kappa shape index (κ3) is 5.54. The summed E-state index contributed by atoms with van der Waals surface area (Å²) in [5.74, 6) is -5.15. The molecule has 180 valence electrons. The predicted octanol–water partition coefficient (Wildman–Crippen LogP) is 7.26. The molecule has 2 aromatic rings. The number of hydrogen-bond acceptors (Lipinski definition) is 3. The Morgan fingerprint density at radius 2 is 1.42 bits per heavy atom. The van der Waals surface area contributed by atoms with Crippen molar-refractivity contribution in [1.82, 2.24) is 0 Å². The molecule has 2 atom stereocenters. The average molecular weight is 478 g/mol. The molecule has 0 N–H and O–H groups in total. The number of hydrogen-bond donors (Lipinski definition) is 0. The Labute approximate surface area is 185 Å². The minimum atomic E-state index is -5.35. The molecule has 4 rings (SSSR count). The molecule has 0 amide bonds. The summed E-state index contributed by atoms with van der Waals surface area (Å²) in [5, 5.41) is 0. The van der Waals surface area contributed by atoms with Crippen molar-refractivity contribution >= 4 is 0 Å². The fourth-order valence-electron chi connectivity index (χ4n) is 4.23. The topological polar surface area (TPSA) is 27.7 Å². The zero-order valence-corrected chi connectivity index (χ0v) is 17.3. The van der Waals surface area contributed by atoms with Crippen LogP contribution in [0.2, 0.25) is 0 Å². The zero-order valence-electron chi connectivity index (χ0n) is 17.3. The van der Waals surface area contributed by atoms with Gasteiger partial charge in [0.15, 0.2) is 11.6 Å². The molecule has 0 radical (unpaired) electrons. The summed E-state index contributed by atoms with van der Waals surface area (Å²) >= 11 is 0. The van der Waals surface area contributed by atoms with Gasteiger partial charge >= 0.3 is 12.5 Å². The molecule has 1 heterocycles. The molecule has 3 nitrogen and oxygen atoms in total. The highest BCUT2D eigenvalue weighted by Crippen LogP contribution is 2.42.